The summed E-state index contributed by atoms with van der Waals surface area (Å²) in [5, 5.41) is 3.06. The smallest absolute Gasteiger partial charge is 0.250 e. The molecule has 1 saturated heterocycles. The standard InChI is InChI=1S/C22H26N4O3/c1-26-8-3-2-7-19(26)22(28)25-13-17-10-14-5-4-6-18(20(14)29-17)15-9-16(21(23)27)12-24-11-15/h4-6,9,11-12,17,19H,2-3,7-8,10,13H2,1H3,(H2,23,27)(H,25,28)/t17-,19+/m1/s1. The number of para-hydroxylation sites is 1. The number of piperidine rings is 1. The first-order chi connectivity index (χ1) is 14.0. The van der Waals surface area contributed by atoms with E-state index in [1.165, 1.54) is 6.20 Å². The highest BCUT2D eigenvalue weighted by atomic mass is 16.5. The summed E-state index contributed by atoms with van der Waals surface area (Å²) in [7, 11) is 2.01. The first-order valence-electron chi connectivity index (χ1n) is 10.0. The summed E-state index contributed by atoms with van der Waals surface area (Å²) in [4.78, 5) is 30.3. The summed E-state index contributed by atoms with van der Waals surface area (Å²) >= 11 is 0. The van der Waals surface area contributed by atoms with Gasteiger partial charge >= 0.3 is 0 Å². The molecule has 29 heavy (non-hydrogen) atoms. The second-order valence-corrected chi connectivity index (χ2v) is 7.80. The van der Waals surface area contributed by atoms with Crippen LogP contribution in [0.5, 0.6) is 5.75 Å². The van der Waals surface area contributed by atoms with Gasteiger partial charge in [-0.15, -0.1) is 0 Å². The van der Waals surface area contributed by atoms with E-state index in [4.69, 9.17) is 10.5 Å². The number of hydrogen-bond acceptors (Lipinski definition) is 5. The maximum absolute atomic E-state index is 12.6. The Hall–Kier alpha value is -2.93. The van der Waals surface area contributed by atoms with Gasteiger partial charge in [0.25, 0.3) is 0 Å². The average molecular weight is 394 g/mol. The molecule has 0 radical (unpaired) electrons. The van der Waals surface area contributed by atoms with Crippen molar-refractivity contribution in [1.29, 1.82) is 0 Å². The molecule has 2 atom stereocenters. The number of nitrogens with zero attached hydrogens (tertiary/aromatic N) is 2. The minimum absolute atomic E-state index is 0.0503. The van der Waals surface area contributed by atoms with E-state index < -0.39 is 5.91 Å². The molecule has 2 aliphatic rings. The van der Waals surface area contributed by atoms with Crippen LogP contribution in [0.25, 0.3) is 11.1 Å². The Kier molecular flexibility index (Phi) is 5.49. The lowest BCUT2D eigenvalue weighted by Crippen LogP contribution is -2.49. The molecule has 152 valence electrons. The van der Waals surface area contributed by atoms with Gasteiger partial charge in [-0.1, -0.05) is 24.6 Å². The van der Waals surface area contributed by atoms with Crippen LogP contribution in [0, 0.1) is 0 Å². The Morgan fingerprint density at radius 1 is 1.31 bits per heavy atom. The number of fused-ring (bicyclic) bond motifs is 1. The fourth-order valence-corrected chi connectivity index (χ4v) is 4.14. The number of rotatable bonds is 5. The summed E-state index contributed by atoms with van der Waals surface area (Å²) in [6.07, 6.45) is 6.91. The van der Waals surface area contributed by atoms with Crippen LogP contribution >= 0.6 is 0 Å². The summed E-state index contributed by atoms with van der Waals surface area (Å²) in [6.45, 7) is 1.43. The van der Waals surface area contributed by atoms with Gasteiger partial charge in [-0.05, 0) is 38.1 Å². The topological polar surface area (TPSA) is 97.5 Å². The largest absolute Gasteiger partial charge is 0.487 e. The number of aromatic nitrogens is 1. The SMILES string of the molecule is CN1CCCC[C@H]1C(=O)NC[C@H]1Cc2cccc(-c3cncc(C(N)=O)c3)c2O1. The van der Waals surface area contributed by atoms with E-state index in [9.17, 15) is 9.59 Å². The highest BCUT2D eigenvalue weighted by Crippen LogP contribution is 2.38. The van der Waals surface area contributed by atoms with Crippen LogP contribution in [-0.4, -0.2) is 54.0 Å². The third-order valence-electron chi connectivity index (χ3n) is 5.74. The van der Waals surface area contributed by atoms with Gasteiger partial charge in [0.1, 0.15) is 11.9 Å². The Labute approximate surface area is 170 Å². The second-order valence-electron chi connectivity index (χ2n) is 7.80. The first kappa shape index (κ1) is 19.4. The fourth-order valence-electron chi connectivity index (χ4n) is 4.14. The van der Waals surface area contributed by atoms with Crippen molar-refractivity contribution in [2.45, 2.75) is 37.8 Å². The van der Waals surface area contributed by atoms with Gasteiger partial charge in [0.2, 0.25) is 11.8 Å². The number of likely N-dealkylation sites (N-methyl/N-ethyl adjacent to an activating group) is 1. The number of likely N-dealkylation sites (tertiary alicyclic amines) is 1. The van der Waals surface area contributed by atoms with Crippen LogP contribution in [-0.2, 0) is 11.2 Å². The number of hydrogen-bond donors (Lipinski definition) is 2. The maximum atomic E-state index is 12.6. The van der Waals surface area contributed by atoms with Gasteiger partial charge < -0.3 is 15.8 Å². The van der Waals surface area contributed by atoms with Crippen LogP contribution in [0.2, 0.25) is 0 Å². The van der Waals surface area contributed by atoms with E-state index in [2.05, 4.69) is 15.2 Å². The summed E-state index contributed by atoms with van der Waals surface area (Å²) in [6, 6.07) is 7.61. The molecule has 3 heterocycles. The van der Waals surface area contributed by atoms with Crippen molar-refractivity contribution in [2.75, 3.05) is 20.1 Å². The van der Waals surface area contributed by atoms with Gasteiger partial charge in [0, 0.05) is 29.9 Å². The summed E-state index contributed by atoms with van der Waals surface area (Å²) < 4.78 is 6.19. The van der Waals surface area contributed by atoms with Crippen molar-refractivity contribution in [1.82, 2.24) is 15.2 Å². The van der Waals surface area contributed by atoms with Crippen molar-refractivity contribution in [2.24, 2.45) is 5.73 Å². The number of nitrogens with two attached hydrogens (primary N) is 1. The van der Waals surface area contributed by atoms with Crippen molar-refractivity contribution < 1.29 is 14.3 Å². The van der Waals surface area contributed by atoms with Crippen LogP contribution in [0.1, 0.15) is 35.2 Å². The van der Waals surface area contributed by atoms with Crippen LogP contribution in [0.3, 0.4) is 0 Å². The molecule has 0 saturated carbocycles. The molecule has 0 bridgehead atoms. The first-order valence-corrected chi connectivity index (χ1v) is 10.0. The molecular weight excluding hydrogens is 368 g/mol. The van der Waals surface area contributed by atoms with E-state index in [0.717, 1.165) is 54.7 Å². The molecule has 4 rings (SSSR count). The fraction of sp³-hybridized carbons (Fsp3) is 0.409. The van der Waals surface area contributed by atoms with Gasteiger partial charge in [0.05, 0.1) is 18.2 Å². The lowest BCUT2D eigenvalue weighted by atomic mass is 10.0. The highest BCUT2D eigenvalue weighted by Gasteiger charge is 2.29. The summed E-state index contributed by atoms with van der Waals surface area (Å²) in [5.41, 5.74) is 8.48. The zero-order valence-electron chi connectivity index (χ0n) is 16.6. The van der Waals surface area contributed by atoms with Gasteiger partial charge in [0.15, 0.2) is 0 Å². The predicted octanol–water partition coefficient (Wildman–Crippen LogP) is 1.75. The third-order valence-corrected chi connectivity index (χ3v) is 5.74. The Morgan fingerprint density at radius 3 is 2.97 bits per heavy atom. The zero-order valence-corrected chi connectivity index (χ0v) is 16.6. The Bertz CT molecular complexity index is 930. The lowest BCUT2D eigenvalue weighted by molar-refractivity contribution is -0.127. The average Bonchev–Trinajstić information content (AvgIpc) is 3.15. The molecular formula is C22H26N4O3. The molecule has 1 aromatic carbocycles. The van der Waals surface area contributed by atoms with E-state index in [1.807, 2.05) is 25.2 Å². The monoisotopic (exact) mass is 394 g/mol. The second kappa shape index (κ2) is 8.21. The minimum atomic E-state index is -0.513. The van der Waals surface area contributed by atoms with Crippen LogP contribution in [0.15, 0.2) is 36.7 Å². The molecule has 1 fully saturated rings. The maximum Gasteiger partial charge on any atom is 0.250 e. The Morgan fingerprint density at radius 2 is 2.17 bits per heavy atom. The Balaban J connectivity index is 1.45. The molecule has 3 N–H and O–H groups in total. The van der Waals surface area contributed by atoms with Gasteiger partial charge in [-0.25, -0.2) is 0 Å². The van der Waals surface area contributed by atoms with Crippen molar-refractivity contribution in [3.05, 3.63) is 47.8 Å². The van der Waals surface area contributed by atoms with Crippen molar-refractivity contribution >= 4 is 11.8 Å². The molecule has 7 heteroatoms. The van der Waals surface area contributed by atoms with Crippen LogP contribution in [0.4, 0.5) is 0 Å². The number of amides is 2. The number of primary amides is 1. The number of ether oxygens (including phenoxy) is 1. The quantitative estimate of drug-likeness (QED) is 0.805. The molecule has 0 unspecified atom stereocenters. The van der Waals surface area contributed by atoms with E-state index in [0.29, 0.717) is 12.1 Å². The number of carbonyl (C=O) groups is 2. The highest BCUT2D eigenvalue weighted by molar-refractivity contribution is 5.94. The van der Waals surface area contributed by atoms with Crippen LogP contribution < -0.4 is 15.8 Å². The summed E-state index contributed by atoms with van der Waals surface area (Å²) in [5.74, 6) is 0.344. The number of pyridine rings is 1. The molecule has 1 aromatic heterocycles. The predicted molar refractivity (Wildman–Crippen MR) is 110 cm³/mol. The van der Waals surface area contributed by atoms with E-state index in [-0.39, 0.29) is 18.1 Å². The van der Waals surface area contributed by atoms with E-state index in [1.54, 1.807) is 12.3 Å². The number of nitrogens with one attached hydrogen (secondary N) is 1. The molecule has 2 aromatic rings. The number of carbonyl (C=O) groups excluding carboxylic acids is 2. The normalized spacial score (nSPS) is 21.3. The third kappa shape index (κ3) is 4.10. The lowest BCUT2D eigenvalue weighted by Gasteiger charge is -2.31. The molecule has 7 nitrogen and oxygen atoms in total. The van der Waals surface area contributed by atoms with Crippen molar-refractivity contribution in [3.63, 3.8) is 0 Å². The zero-order chi connectivity index (χ0) is 20.4. The van der Waals surface area contributed by atoms with Crippen molar-refractivity contribution in [3.8, 4) is 16.9 Å². The van der Waals surface area contributed by atoms with Gasteiger partial charge in [-0.2, -0.15) is 0 Å². The molecule has 2 aliphatic heterocycles. The van der Waals surface area contributed by atoms with E-state index >= 15 is 0 Å². The molecule has 0 spiro atoms. The number of benzene rings is 1. The molecule has 2 amide bonds. The van der Waals surface area contributed by atoms with Gasteiger partial charge in [-0.3, -0.25) is 19.5 Å². The minimum Gasteiger partial charge on any atom is -0.487 e. The molecule has 0 aliphatic carbocycles.